The molecule has 0 unspecified atom stereocenters. The number of rotatable bonds is 5. The Morgan fingerprint density at radius 3 is 2.57 bits per heavy atom. The van der Waals surface area contributed by atoms with Crippen LogP contribution in [0.1, 0.15) is 54.1 Å². The van der Waals surface area contributed by atoms with Gasteiger partial charge in [-0.2, -0.15) is 10.2 Å². The number of carbonyl (C=O) groups excluding carboxylic acids is 1. The van der Waals surface area contributed by atoms with Gasteiger partial charge in [0.15, 0.2) is 0 Å². The normalized spacial score (nSPS) is 18.3. The molecule has 0 spiro atoms. The molecule has 0 bridgehead atoms. The van der Waals surface area contributed by atoms with Gasteiger partial charge in [0.25, 0.3) is 11.5 Å². The Kier molecular flexibility index (Phi) is 6.22. The van der Waals surface area contributed by atoms with Gasteiger partial charge in [-0.1, -0.05) is 12.8 Å². The minimum Gasteiger partial charge on any atom is -0.337 e. The summed E-state index contributed by atoms with van der Waals surface area (Å²) >= 11 is 0. The van der Waals surface area contributed by atoms with E-state index in [0.29, 0.717) is 28.6 Å². The number of hydrogen-bond acceptors (Lipinski definition) is 7. The van der Waals surface area contributed by atoms with Gasteiger partial charge in [0.2, 0.25) is 5.95 Å². The van der Waals surface area contributed by atoms with Crippen molar-refractivity contribution in [3.05, 3.63) is 58.0 Å². The molecule has 180 valence electrons. The van der Waals surface area contributed by atoms with Crippen LogP contribution in [0.2, 0.25) is 0 Å². The van der Waals surface area contributed by atoms with E-state index in [0.717, 1.165) is 50.9 Å². The van der Waals surface area contributed by atoms with E-state index in [1.54, 1.807) is 16.8 Å². The zero-order chi connectivity index (χ0) is 24.5. The molecule has 0 radical (unpaired) electrons. The lowest BCUT2D eigenvalue weighted by Crippen LogP contribution is -2.34. The number of amides is 1. The molecule has 2 fully saturated rings. The van der Waals surface area contributed by atoms with E-state index in [4.69, 9.17) is 0 Å². The standard InChI is InChI=1S/C26H29N7O2/c1-31(2)22-11-12-32(16-22)24(34)17-7-9-20(10-8-17)29-26-28-15-19-13-18(14-27)25(35)33(23(19)30-26)21-5-3-4-6-21/h7-10,13,15,21-22H,3-6,11-12,16H2,1-2H3,(H,28,29,30)/t22-/m0/s1. The summed E-state index contributed by atoms with van der Waals surface area (Å²) in [7, 11) is 4.09. The second-order valence-corrected chi connectivity index (χ2v) is 9.62. The zero-order valence-electron chi connectivity index (χ0n) is 20.1. The number of aromatic nitrogens is 3. The lowest BCUT2D eigenvalue weighted by molar-refractivity contribution is 0.0783. The van der Waals surface area contributed by atoms with E-state index in [2.05, 4.69) is 20.2 Å². The molecule has 1 atom stereocenters. The van der Waals surface area contributed by atoms with Crippen molar-refractivity contribution in [3.63, 3.8) is 0 Å². The summed E-state index contributed by atoms with van der Waals surface area (Å²) in [6, 6.07) is 11.3. The van der Waals surface area contributed by atoms with Crippen molar-refractivity contribution in [1.82, 2.24) is 24.3 Å². The molecule has 1 saturated heterocycles. The Morgan fingerprint density at radius 2 is 1.91 bits per heavy atom. The van der Waals surface area contributed by atoms with Crippen LogP contribution in [0.4, 0.5) is 11.6 Å². The van der Waals surface area contributed by atoms with E-state index < -0.39 is 0 Å². The van der Waals surface area contributed by atoms with Crippen molar-refractivity contribution >= 4 is 28.6 Å². The first kappa shape index (κ1) is 23.0. The Morgan fingerprint density at radius 1 is 1.17 bits per heavy atom. The van der Waals surface area contributed by atoms with Crippen LogP contribution in [0.25, 0.3) is 11.0 Å². The van der Waals surface area contributed by atoms with Crippen LogP contribution in [0, 0.1) is 11.3 Å². The Bertz CT molecular complexity index is 1350. The second kappa shape index (κ2) is 9.47. The number of nitriles is 1. The average Bonchev–Trinajstić information content (AvgIpc) is 3.57. The number of likely N-dealkylation sites (N-methyl/N-ethyl adjacent to an activating group) is 1. The summed E-state index contributed by atoms with van der Waals surface area (Å²) in [6.45, 7) is 1.51. The summed E-state index contributed by atoms with van der Waals surface area (Å²) < 4.78 is 1.67. The van der Waals surface area contributed by atoms with Gasteiger partial charge in [-0.15, -0.1) is 0 Å². The molecule has 1 aliphatic heterocycles. The molecule has 3 heterocycles. The molecule has 35 heavy (non-hydrogen) atoms. The number of nitrogens with zero attached hydrogens (tertiary/aromatic N) is 6. The Balaban J connectivity index is 1.38. The summed E-state index contributed by atoms with van der Waals surface area (Å²) in [5, 5.41) is 13.3. The van der Waals surface area contributed by atoms with Crippen molar-refractivity contribution < 1.29 is 4.79 Å². The maximum Gasteiger partial charge on any atom is 0.270 e. The molecule has 1 amide bonds. The number of nitrogens with one attached hydrogen (secondary N) is 1. The molecule has 1 N–H and O–H groups in total. The number of carbonyl (C=O) groups is 1. The zero-order valence-corrected chi connectivity index (χ0v) is 20.1. The fourth-order valence-electron chi connectivity index (χ4n) is 5.12. The van der Waals surface area contributed by atoms with Crippen LogP contribution < -0.4 is 10.9 Å². The van der Waals surface area contributed by atoms with Crippen LogP contribution in [0.5, 0.6) is 0 Å². The molecule has 9 nitrogen and oxygen atoms in total. The SMILES string of the molecule is CN(C)[C@H]1CCN(C(=O)c2ccc(Nc3ncc4cc(C#N)c(=O)n(C5CCCC5)c4n3)cc2)C1. The van der Waals surface area contributed by atoms with E-state index in [-0.39, 0.29) is 23.1 Å². The maximum absolute atomic E-state index is 13.0. The third-order valence-corrected chi connectivity index (χ3v) is 7.15. The lowest BCUT2D eigenvalue weighted by atomic mass is 10.2. The van der Waals surface area contributed by atoms with Crippen molar-refractivity contribution in [2.45, 2.75) is 44.2 Å². The Hall–Kier alpha value is -3.77. The number of pyridine rings is 1. The van der Waals surface area contributed by atoms with Gasteiger partial charge in [-0.25, -0.2) is 4.98 Å². The molecule has 3 aromatic rings. The number of benzene rings is 1. The van der Waals surface area contributed by atoms with Crippen LogP contribution in [0.15, 0.2) is 41.3 Å². The molecule has 9 heteroatoms. The predicted molar refractivity (Wildman–Crippen MR) is 134 cm³/mol. The highest BCUT2D eigenvalue weighted by molar-refractivity contribution is 5.94. The highest BCUT2D eigenvalue weighted by atomic mass is 16.2. The van der Waals surface area contributed by atoms with Gasteiger partial charge in [0.05, 0.1) is 0 Å². The fraction of sp³-hybridized carbons (Fsp3) is 0.423. The topological polar surface area (TPSA) is 107 Å². The van der Waals surface area contributed by atoms with Gasteiger partial charge >= 0.3 is 0 Å². The number of fused-ring (bicyclic) bond motifs is 1. The monoisotopic (exact) mass is 471 g/mol. The fourth-order valence-corrected chi connectivity index (χ4v) is 5.12. The minimum absolute atomic E-state index is 0.0386. The third-order valence-electron chi connectivity index (χ3n) is 7.15. The molecule has 1 aliphatic carbocycles. The molecular formula is C26H29N7O2. The van der Waals surface area contributed by atoms with Crippen LogP contribution >= 0.6 is 0 Å². The van der Waals surface area contributed by atoms with Crippen molar-refractivity contribution in [3.8, 4) is 6.07 Å². The van der Waals surface area contributed by atoms with Gasteiger partial charge in [0, 0.05) is 48.0 Å². The predicted octanol–water partition coefficient (Wildman–Crippen LogP) is 3.30. The highest BCUT2D eigenvalue weighted by Gasteiger charge is 2.28. The van der Waals surface area contributed by atoms with Crippen molar-refractivity contribution in [1.29, 1.82) is 5.26 Å². The van der Waals surface area contributed by atoms with Gasteiger partial charge in [-0.3, -0.25) is 14.2 Å². The molecular weight excluding hydrogens is 442 g/mol. The third kappa shape index (κ3) is 4.49. The van der Waals surface area contributed by atoms with E-state index in [1.165, 1.54) is 0 Å². The highest BCUT2D eigenvalue weighted by Crippen LogP contribution is 2.31. The van der Waals surface area contributed by atoms with E-state index in [9.17, 15) is 14.9 Å². The smallest absolute Gasteiger partial charge is 0.270 e. The molecule has 1 saturated carbocycles. The van der Waals surface area contributed by atoms with Gasteiger partial charge in [0.1, 0.15) is 17.3 Å². The van der Waals surface area contributed by atoms with Crippen molar-refractivity contribution in [2.24, 2.45) is 0 Å². The number of anilines is 2. The number of likely N-dealkylation sites (tertiary alicyclic amines) is 1. The van der Waals surface area contributed by atoms with Gasteiger partial charge in [-0.05, 0) is 63.7 Å². The first-order valence-electron chi connectivity index (χ1n) is 12.1. The van der Waals surface area contributed by atoms with Gasteiger partial charge < -0.3 is 15.1 Å². The molecule has 5 rings (SSSR count). The van der Waals surface area contributed by atoms with E-state index in [1.807, 2.05) is 49.3 Å². The number of hydrogen-bond donors (Lipinski definition) is 1. The Labute approximate surface area is 204 Å². The lowest BCUT2D eigenvalue weighted by Gasteiger charge is -2.20. The minimum atomic E-state index is -0.294. The molecule has 2 aliphatic rings. The van der Waals surface area contributed by atoms with Crippen LogP contribution in [-0.2, 0) is 0 Å². The average molecular weight is 472 g/mol. The first-order valence-corrected chi connectivity index (χ1v) is 12.1. The summed E-state index contributed by atoms with van der Waals surface area (Å²) in [5.74, 6) is 0.400. The van der Waals surface area contributed by atoms with E-state index >= 15 is 0 Å². The summed E-state index contributed by atoms with van der Waals surface area (Å²) in [6.07, 6.45) is 6.55. The maximum atomic E-state index is 13.0. The largest absolute Gasteiger partial charge is 0.337 e. The quantitative estimate of drug-likeness (QED) is 0.608. The molecule has 1 aromatic carbocycles. The molecule has 2 aromatic heterocycles. The summed E-state index contributed by atoms with van der Waals surface area (Å²) in [5.41, 5.74) is 1.75. The van der Waals surface area contributed by atoms with Crippen LogP contribution in [-0.4, -0.2) is 63.5 Å². The van der Waals surface area contributed by atoms with Crippen LogP contribution in [0.3, 0.4) is 0 Å². The summed E-state index contributed by atoms with van der Waals surface area (Å²) in [4.78, 5) is 39.0. The van der Waals surface area contributed by atoms with Crippen molar-refractivity contribution in [2.75, 3.05) is 32.5 Å². The second-order valence-electron chi connectivity index (χ2n) is 9.62. The first-order chi connectivity index (χ1) is 16.9.